The Morgan fingerprint density at radius 2 is 2.00 bits per heavy atom. The molecule has 8 heteroatoms. The molecule has 3 rings (SSSR count). The summed E-state index contributed by atoms with van der Waals surface area (Å²) in [5.41, 5.74) is 1.22. The molecule has 1 aliphatic carbocycles. The Balaban J connectivity index is 0.00000300. The van der Waals surface area contributed by atoms with Gasteiger partial charge >= 0.3 is 0 Å². The fourth-order valence-corrected chi connectivity index (χ4v) is 4.69. The molecule has 1 aliphatic heterocycles. The van der Waals surface area contributed by atoms with Gasteiger partial charge in [0, 0.05) is 51.0 Å². The summed E-state index contributed by atoms with van der Waals surface area (Å²) in [7, 11) is 8.05. The number of rotatable bonds is 6. The van der Waals surface area contributed by atoms with Gasteiger partial charge in [-0.1, -0.05) is 19.3 Å². The zero-order valence-electron chi connectivity index (χ0n) is 18.6. The molecule has 2 unspecified atom stereocenters. The molecule has 0 bridgehead atoms. The first-order valence-electron chi connectivity index (χ1n) is 10.9. The van der Waals surface area contributed by atoms with Crippen LogP contribution in [0.4, 0.5) is 0 Å². The molecule has 0 radical (unpaired) electrons. The molecule has 0 amide bonds. The zero-order chi connectivity index (χ0) is 19.9. The number of likely N-dealkylation sites (N-methyl/N-ethyl adjacent to an activating group) is 1. The molecule has 0 spiro atoms. The number of halogens is 1. The maximum absolute atomic E-state index is 4.49. The fraction of sp³-hybridized carbons (Fsp3) is 0.810. The number of guanidine groups is 1. The minimum Gasteiger partial charge on any atom is -0.354 e. The van der Waals surface area contributed by atoms with Crippen molar-refractivity contribution < 1.29 is 0 Å². The van der Waals surface area contributed by atoms with Gasteiger partial charge in [0.15, 0.2) is 5.96 Å². The first-order chi connectivity index (χ1) is 13.6. The lowest BCUT2D eigenvalue weighted by Crippen LogP contribution is -2.54. The number of aliphatic imine (C=N–C) groups is 1. The Bertz CT molecular complexity index is 624. The van der Waals surface area contributed by atoms with Crippen molar-refractivity contribution in [1.82, 2.24) is 30.2 Å². The van der Waals surface area contributed by atoms with Gasteiger partial charge < -0.3 is 15.5 Å². The van der Waals surface area contributed by atoms with Crippen LogP contribution in [-0.4, -0.2) is 78.4 Å². The van der Waals surface area contributed by atoms with E-state index < -0.39 is 0 Å². The molecule has 2 N–H and O–H groups in total. The summed E-state index contributed by atoms with van der Waals surface area (Å²) in [6.45, 7) is 3.21. The highest BCUT2D eigenvalue weighted by Gasteiger charge is 2.27. The quantitative estimate of drug-likeness (QED) is 0.345. The molecule has 1 aromatic heterocycles. The van der Waals surface area contributed by atoms with Crippen LogP contribution in [0.2, 0.25) is 0 Å². The van der Waals surface area contributed by atoms with Crippen molar-refractivity contribution >= 4 is 29.9 Å². The summed E-state index contributed by atoms with van der Waals surface area (Å²) in [5, 5.41) is 11.5. The van der Waals surface area contributed by atoms with E-state index >= 15 is 0 Å². The second-order valence-corrected chi connectivity index (χ2v) is 8.65. The van der Waals surface area contributed by atoms with E-state index in [1.165, 1.54) is 57.1 Å². The summed E-state index contributed by atoms with van der Waals surface area (Å²) in [6.07, 6.45) is 13.5. The number of likely N-dealkylation sites (tertiary alicyclic amines) is 1. The van der Waals surface area contributed by atoms with E-state index in [1.807, 2.05) is 25.0 Å². The second kappa shape index (κ2) is 12.1. The highest BCUT2D eigenvalue weighted by Crippen LogP contribution is 2.25. The Labute approximate surface area is 193 Å². The van der Waals surface area contributed by atoms with E-state index in [4.69, 9.17) is 0 Å². The minimum absolute atomic E-state index is 0. The zero-order valence-corrected chi connectivity index (χ0v) is 20.9. The third kappa shape index (κ3) is 7.10. The van der Waals surface area contributed by atoms with Crippen LogP contribution in [0.5, 0.6) is 0 Å². The molecule has 1 saturated heterocycles. The number of hydrogen-bond donors (Lipinski definition) is 2. The molecular formula is C21H40IN7. The number of piperidine rings is 1. The van der Waals surface area contributed by atoms with Crippen molar-refractivity contribution in [3.05, 3.63) is 18.0 Å². The van der Waals surface area contributed by atoms with E-state index in [0.29, 0.717) is 6.04 Å². The predicted octanol–water partition coefficient (Wildman–Crippen LogP) is 2.60. The largest absolute Gasteiger partial charge is 0.354 e. The Kier molecular flexibility index (Phi) is 10.2. The average Bonchev–Trinajstić information content (AvgIpc) is 3.13. The number of aromatic nitrogens is 2. The van der Waals surface area contributed by atoms with Crippen LogP contribution >= 0.6 is 24.0 Å². The van der Waals surface area contributed by atoms with Crippen LogP contribution in [0, 0.1) is 0 Å². The van der Waals surface area contributed by atoms with E-state index in [9.17, 15) is 0 Å². The van der Waals surface area contributed by atoms with Gasteiger partial charge in [0.25, 0.3) is 0 Å². The second-order valence-electron chi connectivity index (χ2n) is 8.65. The molecule has 166 valence electrons. The molecule has 2 aliphatic rings. The molecule has 29 heavy (non-hydrogen) atoms. The third-order valence-corrected chi connectivity index (χ3v) is 6.30. The van der Waals surface area contributed by atoms with Crippen molar-refractivity contribution in [2.75, 3.05) is 40.8 Å². The molecule has 1 aromatic rings. The molecule has 0 aromatic carbocycles. The smallest absolute Gasteiger partial charge is 0.191 e. The summed E-state index contributed by atoms with van der Waals surface area (Å²) in [5.74, 6) is 0.909. The van der Waals surface area contributed by atoms with Gasteiger partial charge in [0.2, 0.25) is 0 Å². The van der Waals surface area contributed by atoms with Crippen LogP contribution in [0.3, 0.4) is 0 Å². The lowest BCUT2D eigenvalue weighted by Gasteiger charge is -2.40. The van der Waals surface area contributed by atoms with Gasteiger partial charge in [-0.05, 0) is 46.3 Å². The lowest BCUT2D eigenvalue weighted by atomic mass is 9.92. The summed E-state index contributed by atoms with van der Waals surface area (Å²) in [6, 6.07) is 1.55. The van der Waals surface area contributed by atoms with Crippen molar-refractivity contribution in [1.29, 1.82) is 0 Å². The molecule has 2 fully saturated rings. The summed E-state index contributed by atoms with van der Waals surface area (Å²) in [4.78, 5) is 9.44. The van der Waals surface area contributed by atoms with Crippen molar-refractivity contribution in [3.63, 3.8) is 0 Å². The monoisotopic (exact) mass is 517 g/mol. The number of aryl methyl sites for hydroxylation is 1. The van der Waals surface area contributed by atoms with Crippen molar-refractivity contribution in [2.45, 2.75) is 63.1 Å². The standard InChI is InChI=1S/C21H39N7.HI/c1-22-21(23-14-20(26(2)3)17-13-24-27(4)15-17)25-18-9-8-12-28(16-18)19-10-6-5-7-11-19;/h13,15,18-20H,5-12,14,16H2,1-4H3,(H2,22,23,25);1H. The fourth-order valence-electron chi connectivity index (χ4n) is 4.69. The van der Waals surface area contributed by atoms with Crippen LogP contribution in [0.1, 0.15) is 56.6 Å². The summed E-state index contributed by atoms with van der Waals surface area (Å²) < 4.78 is 1.86. The molecule has 2 heterocycles. The third-order valence-electron chi connectivity index (χ3n) is 6.30. The Hall–Kier alpha value is -0.870. The van der Waals surface area contributed by atoms with E-state index in [0.717, 1.165) is 25.1 Å². The first-order valence-corrected chi connectivity index (χ1v) is 10.9. The maximum atomic E-state index is 4.49. The van der Waals surface area contributed by atoms with E-state index in [2.05, 4.69) is 50.8 Å². The Morgan fingerprint density at radius 3 is 2.62 bits per heavy atom. The van der Waals surface area contributed by atoms with Crippen LogP contribution in [-0.2, 0) is 7.05 Å². The van der Waals surface area contributed by atoms with Crippen LogP contribution in [0.15, 0.2) is 17.4 Å². The van der Waals surface area contributed by atoms with Gasteiger partial charge in [-0.25, -0.2) is 0 Å². The molecule has 7 nitrogen and oxygen atoms in total. The Morgan fingerprint density at radius 1 is 1.24 bits per heavy atom. The number of nitrogens with zero attached hydrogens (tertiary/aromatic N) is 5. The first kappa shape index (κ1) is 24.4. The molecule has 1 saturated carbocycles. The highest BCUT2D eigenvalue weighted by atomic mass is 127. The van der Waals surface area contributed by atoms with Gasteiger partial charge in [0.05, 0.1) is 12.2 Å². The molecule has 2 atom stereocenters. The minimum atomic E-state index is 0. The number of hydrogen-bond acceptors (Lipinski definition) is 4. The number of nitrogens with one attached hydrogen (secondary N) is 2. The maximum Gasteiger partial charge on any atom is 0.191 e. The SMILES string of the molecule is CN=C(NCC(c1cnn(C)c1)N(C)C)NC1CCCN(C2CCCCC2)C1.I. The van der Waals surface area contributed by atoms with Crippen molar-refractivity contribution in [2.24, 2.45) is 12.0 Å². The van der Waals surface area contributed by atoms with E-state index in [-0.39, 0.29) is 30.0 Å². The predicted molar refractivity (Wildman–Crippen MR) is 131 cm³/mol. The summed E-state index contributed by atoms with van der Waals surface area (Å²) >= 11 is 0. The van der Waals surface area contributed by atoms with Gasteiger partial charge in [-0.3, -0.25) is 14.6 Å². The average molecular weight is 518 g/mol. The molecular weight excluding hydrogens is 477 g/mol. The van der Waals surface area contributed by atoms with Gasteiger partial charge in [-0.2, -0.15) is 5.10 Å². The van der Waals surface area contributed by atoms with Gasteiger partial charge in [0.1, 0.15) is 0 Å². The lowest BCUT2D eigenvalue weighted by molar-refractivity contribution is 0.115. The highest BCUT2D eigenvalue weighted by molar-refractivity contribution is 14.0. The van der Waals surface area contributed by atoms with Crippen LogP contribution < -0.4 is 10.6 Å². The van der Waals surface area contributed by atoms with Gasteiger partial charge in [-0.15, -0.1) is 24.0 Å². The van der Waals surface area contributed by atoms with Crippen molar-refractivity contribution in [3.8, 4) is 0 Å². The van der Waals surface area contributed by atoms with Crippen LogP contribution in [0.25, 0.3) is 0 Å². The van der Waals surface area contributed by atoms with E-state index in [1.54, 1.807) is 0 Å². The topological polar surface area (TPSA) is 60.7 Å². The normalized spacial score (nSPS) is 22.9.